The van der Waals surface area contributed by atoms with Crippen LogP contribution in [0.2, 0.25) is 0 Å². The monoisotopic (exact) mass is 258 g/mol. The fourth-order valence-corrected chi connectivity index (χ4v) is 1.57. The van der Waals surface area contributed by atoms with E-state index in [1.807, 2.05) is 6.92 Å². The first kappa shape index (κ1) is 16.9. The second kappa shape index (κ2) is 7.36. The summed E-state index contributed by atoms with van der Waals surface area (Å²) in [6.07, 6.45) is 0.931. The van der Waals surface area contributed by atoms with Crippen LogP contribution in [0, 0.1) is 5.92 Å². The van der Waals surface area contributed by atoms with Gasteiger partial charge in [-0.25, -0.2) is 0 Å². The minimum absolute atomic E-state index is 0.119. The molecule has 0 aromatic heterocycles. The number of amides is 1. The van der Waals surface area contributed by atoms with Crippen molar-refractivity contribution in [3.05, 3.63) is 0 Å². The molecule has 0 bridgehead atoms. The van der Waals surface area contributed by atoms with Crippen molar-refractivity contribution in [2.24, 2.45) is 5.92 Å². The molecule has 106 valence electrons. The Bertz CT molecular complexity index is 288. The Morgan fingerprint density at radius 2 is 1.89 bits per heavy atom. The summed E-state index contributed by atoms with van der Waals surface area (Å²) in [6, 6.07) is 0. The zero-order valence-corrected chi connectivity index (χ0v) is 12.1. The highest BCUT2D eigenvalue weighted by Crippen LogP contribution is 2.13. The van der Waals surface area contributed by atoms with Crippen LogP contribution in [-0.2, 0) is 9.59 Å². The number of hydrogen-bond donors (Lipinski definition) is 2. The number of carboxylic acids is 1. The largest absolute Gasteiger partial charge is 0.480 e. The fourth-order valence-electron chi connectivity index (χ4n) is 1.57. The van der Waals surface area contributed by atoms with Crippen LogP contribution in [0.4, 0.5) is 0 Å². The number of likely N-dealkylation sites (N-methyl/N-ethyl adjacent to an activating group) is 1. The molecule has 0 unspecified atom stereocenters. The molecule has 0 aliphatic carbocycles. The molecular weight excluding hydrogens is 232 g/mol. The minimum atomic E-state index is -1.02. The van der Waals surface area contributed by atoms with E-state index in [1.165, 1.54) is 0 Å². The highest BCUT2D eigenvalue weighted by Gasteiger charge is 2.34. The van der Waals surface area contributed by atoms with Crippen molar-refractivity contribution in [2.75, 3.05) is 19.6 Å². The zero-order chi connectivity index (χ0) is 14.3. The van der Waals surface area contributed by atoms with Gasteiger partial charge in [-0.05, 0) is 32.7 Å². The van der Waals surface area contributed by atoms with E-state index in [9.17, 15) is 9.59 Å². The van der Waals surface area contributed by atoms with Gasteiger partial charge in [-0.2, -0.15) is 0 Å². The summed E-state index contributed by atoms with van der Waals surface area (Å²) in [5, 5.41) is 11.9. The third-order valence-corrected chi connectivity index (χ3v) is 3.07. The van der Waals surface area contributed by atoms with Crippen molar-refractivity contribution in [2.45, 2.75) is 46.6 Å². The summed E-state index contributed by atoms with van der Waals surface area (Å²) in [6.45, 7) is 10.6. The molecule has 5 heteroatoms. The summed E-state index contributed by atoms with van der Waals surface area (Å²) in [4.78, 5) is 24.5. The lowest BCUT2D eigenvalue weighted by Gasteiger charge is -2.33. The first-order valence-corrected chi connectivity index (χ1v) is 6.47. The number of rotatable bonds is 8. The van der Waals surface area contributed by atoms with Gasteiger partial charge < -0.3 is 10.4 Å². The van der Waals surface area contributed by atoms with Gasteiger partial charge in [-0.1, -0.05) is 20.8 Å². The highest BCUT2D eigenvalue weighted by molar-refractivity contribution is 5.81. The molecule has 0 saturated heterocycles. The van der Waals surface area contributed by atoms with Crippen molar-refractivity contribution in [1.82, 2.24) is 10.2 Å². The number of nitrogens with one attached hydrogen (secondary N) is 1. The molecule has 5 nitrogen and oxygen atoms in total. The Morgan fingerprint density at radius 3 is 2.28 bits per heavy atom. The maximum atomic E-state index is 11.7. The van der Waals surface area contributed by atoms with Crippen LogP contribution < -0.4 is 5.32 Å². The van der Waals surface area contributed by atoms with Gasteiger partial charge in [0, 0.05) is 6.54 Å². The van der Waals surface area contributed by atoms with E-state index in [4.69, 9.17) is 5.11 Å². The summed E-state index contributed by atoms with van der Waals surface area (Å²) in [5.41, 5.74) is -1.02. The molecule has 0 saturated carbocycles. The van der Waals surface area contributed by atoms with Crippen LogP contribution in [0.5, 0.6) is 0 Å². The first-order valence-electron chi connectivity index (χ1n) is 6.47. The molecule has 18 heavy (non-hydrogen) atoms. The Kier molecular flexibility index (Phi) is 6.91. The maximum absolute atomic E-state index is 11.7. The average molecular weight is 258 g/mol. The first-order chi connectivity index (χ1) is 8.21. The SMILES string of the molecule is CCN(CC(=O)NCCC(C)C)C(C)(C)C(=O)O. The quantitative estimate of drug-likeness (QED) is 0.689. The van der Waals surface area contributed by atoms with Crippen LogP contribution in [0.1, 0.15) is 41.0 Å². The van der Waals surface area contributed by atoms with Crippen molar-refractivity contribution >= 4 is 11.9 Å². The zero-order valence-electron chi connectivity index (χ0n) is 12.1. The molecule has 0 heterocycles. The molecule has 0 aliphatic rings. The van der Waals surface area contributed by atoms with Gasteiger partial charge in [-0.3, -0.25) is 14.5 Å². The van der Waals surface area contributed by atoms with Crippen LogP contribution in [0.15, 0.2) is 0 Å². The second-order valence-corrected chi connectivity index (χ2v) is 5.41. The van der Waals surface area contributed by atoms with Crippen molar-refractivity contribution in [1.29, 1.82) is 0 Å². The molecular formula is C13H26N2O3. The van der Waals surface area contributed by atoms with E-state index in [0.29, 0.717) is 19.0 Å². The number of aliphatic carboxylic acids is 1. The Hall–Kier alpha value is -1.10. The third-order valence-electron chi connectivity index (χ3n) is 3.07. The molecule has 0 aliphatic heterocycles. The highest BCUT2D eigenvalue weighted by atomic mass is 16.4. The number of hydrogen-bond acceptors (Lipinski definition) is 3. The van der Waals surface area contributed by atoms with Crippen LogP contribution in [0.25, 0.3) is 0 Å². The summed E-state index contributed by atoms with van der Waals surface area (Å²) in [7, 11) is 0. The lowest BCUT2D eigenvalue weighted by atomic mass is 10.0. The fraction of sp³-hybridized carbons (Fsp3) is 0.846. The molecule has 1 amide bonds. The van der Waals surface area contributed by atoms with Crippen molar-refractivity contribution in [3.8, 4) is 0 Å². The van der Waals surface area contributed by atoms with Gasteiger partial charge in [0.2, 0.25) is 5.91 Å². The predicted octanol–water partition coefficient (Wildman–Crippen LogP) is 1.33. The molecule has 0 radical (unpaired) electrons. The van der Waals surface area contributed by atoms with Crippen LogP contribution >= 0.6 is 0 Å². The molecule has 0 atom stereocenters. The summed E-state index contributed by atoms with van der Waals surface area (Å²) in [5.74, 6) is -0.491. The molecule has 0 rings (SSSR count). The molecule has 0 aromatic carbocycles. The molecule has 0 spiro atoms. The lowest BCUT2D eigenvalue weighted by molar-refractivity contribution is -0.150. The van der Waals surface area contributed by atoms with Gasteiger partial charge in [0.15, 0.2) is 0 Å². The number of nitrogens with zero attached hydrogens (tertiary/aromatic N) is 1. The lowest BCUT2D eigenvalue weighted by Crippen LogP contribution is -2.53. The van der Waals surface area contributed by atoms with E-state index in [2.05, 4.69) is 19.2 Å². The van der Waals surface area contributed by atoms with E-state index >= 15 is 0 Å². The molecule has 2 N–H and O–H groups in total. The Morgan fingerprint density at radius 1 is 1.33 bits per heavy atom. The summed E-state index contributed by atoms with van der Waals surface area (Å²) >= 11 is 0. The number of carboxylic acid groups (broad SMARTS) is 1. The van der Waals surface area contributed by atoms with Crippen molar-refractivity contribution < 1.29 is 14.7 Å². The van der Waals surface area contributed by atoms with E-state index < -0.39 is 11.5 Å². The van der Waals surface area contributed by atoms with Gasteiger partial charge in [0.1, 0.15) is 5.54 Å². The second-order valence-electron chi connectivity index (χ2n) is 5.41. The van der Waals surface area contributed by atoms with Crippen molar-refractivity contribution in [3.63, 3.8) is 0 Å². The van der Waals surface area contributed by atoms with Gasteiger partial charge in [0.05, 0.1) is 6.54 Å². The number of carbonyl (C=O) groups excluding carboxylic acids is 1. The maximum Gasteiger partial charge on any atom is 0.323 e. The Labute approximate surface area is 110 Å². The van der Waals surface area contributed by atoms with E-state index in [1.54, 1.807) is 18.7 Å². The average Bonchev–Trinajstić information content (AvgIpc) is 2.24. The van der Waals surface area contributed by atoms with Crippen LogP contribution in [0.3, 0.4) is 0 Å². The molecule has 0 aromatic rings. The molecule has 0 fully saturated rings. The van der Waals surface area contributed by atoms with Gasteiger partial charge >= 0.3 is 5.97 Å². The summed E-state index contributed by atoms with van der Waals surface area (Å²) < 4.78 is 0. The van der Waals surface area contributed by atoms with Crippen LogP contribution in [-0.4, -0.2) is 47.1 Å². The third kappa shape index (κ3) is 5.49. The predicted molar refractivity (Wildman–Crippen MR) is 71.4 cm³/mol. The topological polar surface area (TPSA) is 69.6 Å². The van der Waals surface area contributed by atoms with E-state index in [-0.39, 0.29) is 12.5 Å². The van der Waals surface area contributed by atoms with Gasteiger partial charge in [0.25, 0.3) is 0 Å². The van der Waals surface area contributed by atoms with E-state index in [0.717, 1.165) is 6.42 Å². The number of carbonyl (C=O) groups is 2. The normalized spacial score (nSPS) is 11.9. The minimum Gasteiger partial charge on any atom is -0.480 e. The standard InChI is InChI=1S/C13H26N2O3/c1-6-15(13(4,5)12(17)18)9-11(16)14-8-7-10(2)3/h10H,6-9H2,1-5H3,(H,14,16)(H,17,18). The van der Waals surface area contributed by atoms with Gasteiger partial charge in [-0.15, -0.1) is 0 Å². The smallest absolute Gasteiger partial charge is 0.323 e. The Balaban J connectivity index is 4.29.